The summed E-state index contributed by atoms with van der Waals surface area (Å²) in [7, 11) is 0. The Morgan fingerprint density at radius 2 is 1.90 bits per heavy atom. The largest absolute Gasteiger partial charge is 0.389 e. The fourth-order valence-corrected chi connectivity index (χ4v) is 2.31. The highest BCUT2D eigenvalue weighted by Crippen LogP contribution is 2.16. The fourth-order valence-electron chi connectivity index (χ4n) is 2.31. The van der Waals surface area contributed by atoms with Crippen LogP contribution in [0.15, 0.2) is 30.3 Å². The van der Waals surface area contributed by atoms with Gasteiger partial charge in [-0.3, -0.25) is 4.79 Å². The highest BCUT2D eigenvalue weighted by Gasteiger charge is 2.31. The predicted molar refractivity (Wildman–Crippen MR) is 74.9 cm³/mol. The van der Waals surface area contributed by atoms with E-state index in [2.05, 4.69) is 5.10 Å². The second kappa shape index (κ2) is 4.76. The van der Waals surface area contributed by atoms with Gasteiger partial charge in [0.2, 0.25) is 0 Å². The number of rotatable bonds is 2. The van der Waals surface area contributed by atoms with Crippen LogP contribution in [0.25, 0.3) is 5.69 Å². The van der Waals surface area contributed by atoms with E-state index in [4.69, 9.17) is 0 Å². The lowest BCUT2D eigenvalue weighted by molar-refractivity contribution is 0.00547. The molecule has 0 saturated carbocycles. The van der Waals surface area contributed by atoms with E-state index in [-0.39, 0.29) is 12.0 Å². The smallest absolute Gasteiger partial charge is 0.274 e. The van der Waals surface area contributed by atoms with E-state index in [9.17, 15) is 9.90 Å². The first kappa shape index (κ1) is 12.9. The van der Waals surface area contributed by atoms with Crippen LogP contribution in [-0.4, -0.2) is 44.9 Å². The van der Waals surface area contributed by atoms with Crippen LogP contribution in [0.1, 0.15) is 21.7 Å². The van der Waals surface area contributed by atoms with E-state index in [1.165, 1.54) is 5.56 Å². The zero-order valence-corrected chi connectivity index (χ0v) is 11.6. The molecule has 3 rings (SSSR count). The molecule has 20 heavy (non-hydrogen) atoms. The van der Waals surface area contributed by atoms with Crippen molar-refractivity contribution in [3.63, 3.8) is 0 Å². The molecule has 1 aliphatic heterocycles. The molecule has 2 aromatic rings. The molecule has 0 spiro atoms. The Morgan fingerprint density at radius 3 is 2.50 bits per heavy atom. The lowest BCUT2D eigenvalue weighted by Crippen LogP contribution is -2.53. The predicted octanol–water partition coefficient (Wildman–Crippen LogP) is 1.31. The summed E-state index contributed by atoms with van der Waals surface area (Å²) in [6.07, 6.45) is -0.390. The first-order valence-corrected chi connectivity index (χ1v) is 6.65. The second-order valence-corrected chi connectivity index (χ2v) is 5.28. The number of carbonyl (C=O) groups excluding carboxylic acids is 1. The number of aromatic nitrogens is 2. The number of aliphatic hydroxyl groups is 1. The minimum Gasteiger partial charge on any atom is -0.389 e. The van der Waals surface area contributed by atoms with Crippen LogP contribution in [-0.2, 0) is 0 Å². The third kappa shape index (κ3) is 2.20. The Kier molecular flexibility index (Phi) is 3.06. The summed E-state index contributed by atoms with van der Waals surface area (Å²) in [6.45, 7) is 4.75. The maximum Gasteiger partial charge on any atom is 0.274 e. The number of benzene rings is 1. The Morgan fingerprint density at radius 1 is 1.25 bits per heavy atom. The van der Waals surface area contributed by atoms with Gasteiger partial charge >= 0.3 is 0 Å². The second-order valence-electron chi connectivity index (χ2n) is 5.28. The van der Waals surface area contributed by atoms with Crippen LogP contribution >= 0.6 is 0 Å². The van der Waals surface area contributed by atoms with Crippen LogP contribution in [0.2, 0.25) is 0 Å². The van der Waals surface area contributed by atoms with Crippen LogP contribution in [0.3, 0.4) is 0 Å². The van der Waals surface area contributed by atoms with Crippen LogP contribution in [0.5, 0.6) is 0 Å². The minimum atomic E-state index is -0.390. The van der Waals surface area contributed by atoms with Gasteiger partial charge in [0.25, 0.3) is 5.91 Å². The van der Waals surface area contributed by atoms with E-state index in [0.29, 0.717) is 18.8 Å². The monoisotopic (exact) mass is 271 g/mol. The highest BCUT2D eigenvalue weighted by molar-refractivity contribution is 5.93. The van der Waals surface area contributed by atoms with Crippen molar-refractivity contribution in [2.24, 2.45) is 0 Å². The first-order valence-electron chi connectivity index (χ1n) is 6.65. The molecule has 1 N–H and O–H groups in total. The van der Waals surface area contributed by atoms with Crippen molar-refractivity contribution in [1.82, 2.24) is 14.7 Å². The van der Waals surface area contributed by atoms with Crippen LogP contribution in [0.4, 0.5) is 0 Å². The van der Waals surface area contributed by atoms with Crippen molar-refractivity contribution in [2.75, 3.05) is 13.1 Å². The molecule has 0 aliphatic carbocycles. The van der Waals surface area contributed by atoms with E-state index >= 15 is 0 Å². The summed E-state index contributed by atoms with van der Waals surface area (Å²) in [5.74, 6) is -0.121. The molecular weight excluding hydrogens is 254 g/mol. The van der Waals surface area contributed by atoms with E-state index in [1.54, 1.807) is 15.6 Å². The van der Waals surface area contributed by atoms with Gasteiger partial charge in [-0.25, -0.2) is 4.68 Å². The van der Waals surface area contributed by atoms with Crippen molar-refractivity contribution in [3.05, 3.63) is 47.3 Å². The van der Waals surface area contributed by atoms with Crippen molar-refractivity contribution in [3.8, 4) is 5.69 Å². The maximum absolute atomic E-state index is 12.2. The molecule has 2 heterocycles. The van der Waals surface area contributed by atoms with Gasteiger partial charge in [0.05, 0.1) is 11.8 Å². The van der Waals surface area contributed by atoms with Gasteiger partial charge in [0.1, 0.15) is 0 Å². The van der Waals surface area contributed by atoms with Gasteiger partial charge in [-0.2, -0.15) is 5.10 Å². The molecule has 0 radical (unpaired) electrons. The Bertz CT molecular complexity index is 640. The Balaban J connectivity index is 1.87. The molecule has 1 aromatic heterocycles. The first-order chi connectivity index (χ1) is 9.54. The summed E-state index contributed by atoms with van der Waals surface area (Å²) in [5.41, 5.74) is 3.47. The number of aryl methyl sites for hydroxylation is 2. The molecule has 1 aliphatic rings. The number of carbonyl (C=O) groups is 1. The Hall–Kier alpha value is -2.14. The number of nitrogens with zero attached hydrogens (tertiary/aromatic N) is 3. The summed E-state index contributed by atoms with van der Waals surface area (Å²) in [4.78, 5) is 13.8. The Labute approximate surface area is 117 Å². The van der Waals surface area contributed by atoms with Gasteiger partial charge in [-0.1, -0.05) is 17.7 Å². The summed E-state index contributed by atoms with van der Waals surface area (Å²) in [6, 6.07) is 9.79. The molecule has 5 nitrogen and oxygen atoms in total. The number of amides is 1. The van der Waals surface area contributed by atoms with Crippen LogP contribution in [0, 0.1) is 13.8 Å². The van der Waals surface area contributed by atoms with Gasteiger partial charge in [-0.15, -0.1) is 0 Å². The number of hydrogen-bond acceptors (Lipinski definition) is 3. The molecule has 104 valence electrons. The molecule has 0 bridgehead atoms. The zero-order chi connectivity index (χ0) is 14.3. The SMILES string of the molecule is Cc1ccc(-n2nc(C(=O)N3CC(O)C3)cc2C)cc1. The fraction of sp³-hybridized carbons (Fsp3) is 0.333. The average molecular weight is 271 g/mol. The molecular formula is C15H17N3O2. The summed E-state index contributed by atoms with van der Waals surface area (Å²) < 4.78 is 1.77. The number of hydrogen-bond donors (Lipinski definition) is 1. The number of β-amino-alcohol motifs (C(OH)–C–C–N with tert-alkyl or cyclic N) is 1. The van der Waals surface area contributed by atoms with Crippen molar-refractivity contribution in [1.29, 1.82) is 0 Å². The number of aliphatic hydroxyl groups excluding tert-OH is 1. The lowest BCUT2D eigenvalue weighted by Gasteiger charge is -2.35. The van der Waals surface area contributed by atoms with Gasteiger partial charge in [-0.05, 0) is 32.0 Å². The topological polar surface area (TPSA) is 58.4 Å². The van der Waals surface area contributed by atoms with Crippen molar-refractivity contribution >= 4 is 5.91 Å². The van der Waals surface area contributed by atoms with Gasteiger partial charge in [0.15, 0.2) is 5.69 Å². The van der Waals surface area contributed by atoms with Crippen molar-refractivity contribution in [2.45, 2.75) is 20.0 Å². The normalized spacial score (nSPS) is 15.2. The third-order valence-electron chi connectivity index (χ3n) is 3.53. The average Bonchev–Trinajstić information content (AvgIpc) is 2.77. The molecule has 5 heteroatoms. The molecule has 1 amide bonds. The zero-order valence-electron chi connectivity index (χ0n) is 11.6. The number of likely N-dealkylation sites (tertiary alicyclic amines) is 1. The molecule has 0 atom stereocenters. The summed E-state index contributed by atoms with van der Waals surface area (Å²) in [5, 5.41) is 13.6. The van der Waals surface area contributed by atoms with Crippen LogP contribution < -0.4 is 0 Å². The van der Waals surface area contributed by atoms with Gasteiger partial charge < -0.3 is 10.0 Å². The molecule has 0 unspecified atom stereocenters. The van der Waals surface area contributed by atoms with E-state index in [1.807, 2.05) is 38.1 Å². The standard InChI is InChI=1S/C15H17N3O2/c1-10-3-5-12(6-4-10)18-11(2)7-14(16-18)15(20)17-8-13(19)9-17/h3-7,13,19H,8-9H2,1-2H3. The third-order valence-corrected chi connectivity index (χ3v) is 3.53. The van der Waals surface area contributed by atoms with Gasteiger partial charge in [0, 0.05) is 18.8 Å². The summed E-state index contributed by atoms with van der Waals surface area (Å²) >= 11 is 0. The van der Waals surface area contributed by atoms with Crippen molar-refractivity contribution < 1.29 is 9.90 Å². The maximum atomic E-state index is 12.2. The van der Waals surface area contributed by atoms with E-state index in [0.717, 1.165) is 11.4 Å². The van der Waals surface area contributed by atoms with E-state index < -0.39 is 0 Å². The lowest BCUT2D eigenvalue weighted by atomic mass is 10.1. The minimum absolute atomic E-state index is 0.121. The quantitative estimate of drug-likeness (QED) is 0.896. The molecule has 1 saturated heterocycles. The molecule has 1 aromatic carbocycles. The molecule has 1 fully saturated rings. The highest BCUT2D eigenvalue weighted by atomic mass is 16.3.